The van der Waals surface area contributed by atoms with Gasteiger partial charge in [0.15, 0.2) is 0 Å². The molecule has 0 aromatic heterocycles. The molecule has 3 N–H and O–H groups in total. The van der Waals surface area contributed by atoms with E-state index in [1.807, 2.05) is 0 Å². The summed E-state index contributed by atoms with van der Waals surface area (Å²) in [4.78, 5) is -1.20. The van der Waals surface area contributed by atoms with Crippen molar-refractivity contribution in [1.29, 1.82) is 0 Å². The maximum absolute atomic E-state index is 13.1. The topological polar surface area (TPSA) is 197 Å². The van der Waals surface area contributed by atoms with Gasteiger partial charge in [0.25, 0.3) is 30.4 Å². The van der Waals surface area contributed by atoms with Crippen LogP contribution in [0, 0.1) is 0 Å². The molecule has 2 aromatic rings. The summed E-state index contributed by atoms with van der Waals surface area (Å²) in [5.41, 5.74) is -1.21. The lowest BCUT2D eigenvalue weighted by molar-refractivity contribution is 0.479. The van der Waals surface area contributed by atoms with Gasteiger partial charge in [0.2, 0.25) is 9.84 Å². The Balaban J connectivity index is 2.76. The molecule has 0 saturated heterocycles. The molecule has 0 atom stereocenters. The van der Waals surface area contributed by atoms with E-state index in [4.69, 9.17) is 36.9 Å². The normalized spacial score (nSPS) is 13.3. The van der Waals surface area contributed by atoms with Gasteiger partial charge < -0.3 is 0 Å². The van der Waals surface area contributed by atoms with Crippen LogP contribution in [-0.2, 0) is 57.5 Å². The number of hydrogen-bond donors (Lipinski definition) is 3. The molecule has 0 spiro atoms. The van der Waals surface area contributed by atoms with Gasteiger partial charge in [-0.2, -0.15) is 25.3 Å². The van der Waals surface area contributed by atoms with Crippen molar-refractivity contribution < 1.29 is 47.3 Å². The molecular formula is C15H14Cl2O11S4. The first-order chi connectivity index (χ1) is 14.3. The molecule has 0 aliphatic rings. The van der Waals surface area contributed by atoms with Gasteiger partial charge >= 0.3 is 0 Å². The number of sulfone groups is 1. The highest BCUT2D eigenvalue weighted by atomic mass is 35.5. The summed E-state index contributed by atoms with van der Waals surface area (Å²) in [6.45, 7) is 0. The van der Waals surface area contributed by atoms with E-state index in [0.717, 1.165) is 30.3 Å². The molecule has 2 aromatic carbocycles. The largest absolute Gasteiger partial charge is 0.285 e. The lowest BCUT2D eigenvalue weighted by Crippen LogP contribution is -2.11. The van der Waals surface area contributed by atoms with Crippen molar-refractivity contribution in [2.45, 2.75) is 27.0 Å². The van der Waals surface area contributed by atoms with Crippen LogP contribution in [0.1, 0.15) is 16.7 Å². The lowest BCUT2D eigenvalue weighted by atomic mass is 10.1. The smallest absolute Gasteiger partial charge is 0.269 e. The van der Waals surface area contributed by atoms with Gasteiger partial charge in [-0.25, -0.2) is 8.42 Å². The van der Waals surface area contributed by atoms with Gasteiger partial charge in [0.05, 0.1) is 9.79 Å². The Labute approximate surface area is 194 Å². The molecule has 2 rings (SSSR count). The molecule has 0 heterocycles. The van der Waals surface area contributed by atoms with Crippen molar-refractivity contribution in [2.75, 3.05) is 0 Å². The molecule has 11 nitrogen and oxygen atoms in total. The summed E-state index contributed by atoms with van der Waals surface area (Å²) >= 11 is 11.8. The van der Waals surface area contributed by atoms with E-state index in [-0.39, 0.29) is 10.6 Å². The highest BCUT2D eigenvalue weighted by molar-refractivity contribution is 7.91. The fourth-order valence-electron chi connectivity index (χ4n) is 2.64. The summed E-state index contributed by atoms with van der Waals surface area (Å²) in [7, 11) is -18.6. The monoisotopic (exact) mass is 568 g/mol. The third-order valence-electron chi connectivity index (χ3n) is 3.85. The third-order valence-corrected chi connectivity index (χ3v) is 8.46. The second kappa shape index (κ2) is 9.15. The van der Waals surface area contributed by atoms with Crippen LogP contribution < -0.4 is 0 Å². The van der Waals surface area contributed by atoms with Crippen LogP contribution in [0.15, 0.2) is 40.1 Å². The SMILES string of the molecule is O=S(=O)(O)Cc1cc(S(=O)(=O)c2cc(CS(=O)(=O)O)c(Cl)c(CS(=O)(=O)O)c2)ccc1Cl. The summed E-state index contributed by atoms with van der Waals surface area (Å²) in [6, 6.07) is 4.44. The first kappa shape index (κ1) is 26.9. The Bertz CT molecular complexity index is 1440. The highest BCUT2D eigenvalue weighted by Gasteiger charge is 2.25. The van der Waals surface area contributed by atoms with Crippen LogP contribution >= 0.6 is 23.2 Å². The maximum atomic E-state index is 13.1. The predicted molar refractivity (Wildman–Crippen MR) is 114 cm³/mol. The molecule has 0 bridgehead atoms. The first-order valence-corrected chi connectivity index (χ1v) is 15.1. The summed E-state index contributed by atoms with van der Waals surface area (Å²) < 4.78 is 121. The average molecular weight is 569 g/mol. The van der Waals surface area contributed by atoms with Crippen LogP contribution in [0.2, 0.25) is 10.0 Å². The van der Waals surface area contributed by atoms with E-state index in [1.54, 1.807) is 0 Å². The Morgan fingerprint density at radius 1 is 0.594 bits per heavy atom. The van der Waals surface area contributed by atoms with E-state index < -0.39 is 83.4 Å². The van der Waals surface area contributed by atoms with E-state index in [0.29, 0.717) is 0 Å². The summed E-state index contributed by atoms with van der Waals surface area (Å²) in [6.07, 6.45) is 0. The van der Waals surface area contributed by atoms with Crippen molar-refractivity contribution in [3.05, 3.63) is 57.1 Å². The molecule has 32 heavy (non-hydrogen) atoms. The Morgan fingerprint density at radius 3 is 1.38 bits per heavy atom. The van der Waals surface area contributed by atoms with Crippen molar-refractivity contribution in [2.24, 2.45) is 0 Å². The highest BCUT2D eigenvalue weighted by Crippen LogP contribution is 2.32. The number of benzene rings is 2. The molecule has 0 amide bonds. The maximum Gasteiger partial charge on any atom is 0.269 e. The van der Waals surface area contributed by atoms with Crippen LogP contribution in [0.5, 0.6) is 0 Å². The molecule has 178 valence electrons. The van der Waals surface area contributed by atoms with E-state index in [1.165, 1.54) is 0 Å². The molecule has 0 saturated carbocycles. The van der Waals surface area contributed by atoms with Gasteiger partial charge in [-0.1, -0.05) is 23.2 Å². The number of hydrogen-bond acceptors (Lipinski definition) is 8. The number of halogens is 2. The zero-order valence-electron chi connectivity index (χ0n) is 15.5. The van der Waals surface area contributed by atoms with Crippen LogP contribution in [-0.4, -0.2) is 47.3 Å². The van der Waals surface area contributed by atoms with Gasteiger partial charge in [0, 0.05) is 10.0 Å². The quantitative estimate of drug-likeness (QED) is 0.393. The second-order valence-electron chi connectivity index (χ2n) is 6.49. The van der Waals surface area contributed by atoms with E-state index >= 15 is 0 Å². The summed E-state index contributed by atoms with van der Waals surface area (Å²) in [5.74, 6) is -3.33. The Morgan fingerprint density at radius 2 is 0.969 bits per heavy atom. The molecular weight excluding hydrogens is 555 g/mol. The lowest BCUT2D eigenvalue weighted by Gasteiger charge is -2.13. The standard InChI is InChI=1S/C15H14Cl2O11S4/c16-14-2-1-12(3-9(14)6-29(18,19)20)32(27,28)13-4-10(7-30(21,22)23)15(17)11(5-13)8-31(24,25)26/h1-5H,6-8H2,(H,18,19,20)(H,21,22,23)(H,24,25,26). The second-order valence-corrected chi connectivity index (χ2v) is 13.6. The minimum atomic E-state index is -4.72. The van der Waals surface area contributed by atoms with Crippen molar-refractivity contribution in [3.8, 4) is 0 Å². The molecule has 0 unspecified atom stereocenters. The van der Waals surface area contributed by atoms with Gasteiger partial charge in [-0.3, -0.25) is 13.7 Å². The van der Waals surface area contributed by atoms with Crippen LogP contribution in [0.4, 0.5) is 0 Å². The van der Waals surface area contributed by atoms with Gasteiger partial charge in [0.1, 0.15) is 17.3 Å². The summed E-state index contributed by atoms with van der Waals surface area (Å²) in [5, 5.41) is -0.681. The van der Waals surface area contributed by atoms with Crippen LogP contribution in [0.3, 0.4) is 0 Å². The molecule has 0 aliphatic heterocycles. The van der Waals surface area contributed by atoms with Crippen molar-refractivity contribution in [3.63, 3.8) is 0 Å². The van der Waals surface area contributed by atoms with E-state index in [2.05, 4.69) is 0 Å². The number of rotatable bonds is 8. The average Bonchev–Trinajstić information content (AvgIpc) is 2.56. The fourth-order valence-corrected chi connectivity index (χ4v) is 6.59. The minimum absolute atomic E-state index is 0.170. The Hall–Kier alpha value is -1.30. The van der Waals surface area contributed by atoms with E-state index in [9.17, 15) is 33.7 Å². The molecule has 0 fully saturated rings. The molecule has 0 aliphatic carbocycles. The third kappa shape index (κ3) is 7.36. The Kier molecular flexibility index (Phi) is 7.71. The zero-order chi connectivity index (χ0) is 24.7. The first-order valence-electron chi connectivity index (χ1n) is 7.99. The fraction of sp³-hybridized carbons (Fsp3) is 0.200. The van der Waals surface area contributed by atoms with Crippen molar-refractivity contribution >= 4 is 63.4 Å². The molecule has 17 heteroatoms. The van der Waals surface area contributed by atoms with Gasteiger partial charge in [-0.15, -0.1) is 0 Å². The van der Waals surface area contributed by atoms with Gasteiger partial charge in [-0.05, 0) is 47.0 Å². The zero-order valence-corrected chi connectivity index (χ0v) is 20.3. The van der Waals surface area contributed by atoms with Crippen LogP contribution in [0.25, 0.3) is 0 Å². The predicted octanol–water partition coefficient (Wildman–Crippen LogP) is 1.99. The molecule has 0 radical (unpaired) electrons. The minimum Gasteiger partial charge on any atom is -0.285 e. The van der Waals surface area contributed by atoms with Crippen molar-refractivity contribution in [1.82, 2.24) is 0 Å².